The number of nitrogens with one attached hydrogen (secondary N) is 2. The van der Waals surface area contributed by atoms with Crippen LogP contribution in [0.3, 0.4) is 0 Å². The van der Waals surface area contributed by atoms with Crippen LogP contribution in [0.2, 0.25) is 0 Å². The van der Waals surface area contributed by atoms with Crippen LogP contribution >= 0.6 is 0 Å². The molecule has 3 rings (SSSR count). The van der Waals surface area contributed by atoms with Crippen molar-refractivity contribution in [3.05, 3.63) is 42.2 Å². The average Bonchev–Trinajstić information content (AvgIpc) is 3.13. The third-order valence-corrected chi connectivity index (χ3v) is 2.84. The fourth-order valence-electron chi connectivity index (χ4n) is 1.92. The molecule has 3 aromatic rings. The Labute approximate surface area is 120 Å². The smallest absolute Gasteiger partial charge is 0.287 e. The largest absolute Gasteiger partial charge is 0.459 e. The van der Waals surface area contributed by atoms with E-state index in [0.29, 0.717) is 24.6 Å². The molecule has 1 amide bonds. The second-order valence-corrected chi connectivity index (χ2v) is 4.41. The summed E-state index contributed by atoms with van der Waals surface area (Å²) in [5, 5.41) is 10.0. The minimum absolute atomic E-state index is 0.237. The second-order valence-electron chi connectivity index (χ2n) is 4.41. The number of nitrogens with zero attached hydrogens (tertiary/aromatic N) is 4. The van der Waals surface area contributed by atoms with Crippen molar-refractivity contribution in [2.75, 3.05) is 18.4 Å². The van der Waals surface area contributed by atoms with Gasteiger partial charge in [0.25, 0.3) is 11.7 Å². The predicted molar refractivity (Wildman–Crippen MR) is 75.0 cm³/mol. The average molecular weight is 286 g/mol. The molecule has 3 heterocycles. The molecule has 0 aliphatic heterocycles. The lowest BCUT2D eigenvalue weighted by Crippen LogP contribution is -2.28. The first-order valence-corrected chi connectivity index (χ1v) is 6.47. The van der Waals surface area contributed by atoms with E-state index < -0.39 is 0 Å². The molecule has 0 radical (unpaired) electrons. The SMILES string of the molecule is Cc1cc(NCCNC(=O)c2ccco2)n2ncnc2n1. The number of carbonyl (C=O) groups excluding carboxylic acids is 1. The van der Waals surface area contributed by atoms with Crippen LogP contribution in [0.4, 0.5) is 5.82 Å². The topological polar surface area (TPSA) is 97.3 Å². The number of anilines is 1. The highest BCUT2D eigenvalue weighted by molar-refractivity contribution is 5.91. The Morgan fingerprint density at radius 2 is 2.33 bits per heavy atom. The van der Waals surface area contributed by atoms with Gasteiger partial charge in [-0.2, -0.15) is 14.6 Å². The van der Waals surface area contributed by atoms with Crippen LogP contribution < -0.4 is 10.6 Å². The number of aryl methyl sites for hydroxylation is 1. The van der Waals surface area contributed by atoms with Gasteiger partial charge in [0.05, 0.1) is 6.26 Å². The molecule has 0 aromatic carbocycles. The molecule has 0 aliphatic carbocycles. The molecule has 21 heavy (non-hydrogen) atoms. The summed E-state index contributed by atoms with van der Waals surface area (Å²) in [4.78, 5) is 20.0. The molecule has 2 N–H and O–H groups in total. The molecule has 0 saturated carbocycles. The number of fused-ring (bicyclic) bond motifs is 1. The molecular formula is C13H14N6O2. The van der Waals surface area contributed by atoms with Crippen LogP contribution in [-0.4, -0.2) is 38.6 Å². The van der Waals surface area contributed by atoms with Crippen molar-refractivity contribution < 1.29 is 9.21 Å². The number of hydrogen-bond acceptors (Lipinski definition) is 6. The van der Waals surface area contributed by atoms with Crippen molar-refractivity contribution in [3.8, 4) is 0 Å². The summed E-state index contributed by atoms with van der Waals surface area (Å²) in [6, 6.07) is 5.17. The number of carbonyl (C=O) groups is 1. The normalized spacial score (nSPS) is 10.7. The van der Waals surface area contributed by atoms with Crippen LogP contribution in [0.1, 0.15) is 16.2 Å². The third-order valence-electron chi connectivity index (χ3n) is 2.84. The van der Waals surface area contributed by atoms with Gasteiger partial charge in [0.15, 0.2) is 5.76 Å². The number of hydrogen-bond donors (Lipinski definition) is 2. The van der Waals surface area contributed by atoms with Gasteiger partial charge in [-0.25, -0.2) is 4.98 Å². The highest BCUT2D eigenvalue weighted by atomic mass is 16.3. The van der Waals surface area contributed by atoms with Gasteiger partial charge >= 0.3 is 0 Å². The fraction of sp³-hybridized carbons (Fsp3) is 0.231. The first-order chi connectivity index (χ1) is 10.2. The maximum Gasteiger partial charge on any atom is 0.287 e. The van der Waals surface area contributed by atoms with E-state index in [1.165, 1.54) is 12.6 Å². The van der Waals surface area contributed by atoms with Crippen LogP contribution in [0.25, 0.3) is 5.78 Å². The Balaban J connectivity index is 1.57. The molecule has 0 unspecified atom stereocenters. The number of furan rings is 1. The molecule has 108 valence electrons. The maximum absolute atomic E-state index is 11.7. The number of aromatic nitrogens is 4. The molecule has 8 nitrogen and oxygen atoms in total. The van der Waals surface area contributed by atoms with Crippen molar-refractivity contribution in [1.29, 1.82) is 0 Å². The predicted octanol–water partition coefficient (Wildman–Crippen LogP) is 0.868. The van der Waals surface area contributed by atoms with E-state index >= 15 is 0 Å². The van der Waals surface area contributed by atoms with Crippen molar-refractivity contribution in [3.63, 3.8) is 0 Å². The molecular weight excluding hydrogens is 272 g/mol. The molecule has 0 atom stereocenters. The van der Waals surface area contributed by atoms with Crippen molar-refractivity contribution in [2.45, 2.75) is 6.92 Å². The number of amides is 1. The fourth-order valence-corrected chi connectivity index (χ4v) is 1.92. The Morgan fingerprint density at radius 3 is 3.14 bits per heavy atom. The molecule has 0 spiro atoms. The zero-order valence-electron chi connectivity index (χ0n) is 11.4. The summed E-state index contributed by atoms with van der Waals surface area (Å²) in [6.07, 6.45) is 2.92. The molecule has 8 heteroatoms. The minimum atomic E-state index is -0.237. The molecule has 0 bridgehead atoms. The van der Waals surface area contributed by atoms with E-state index in [9.17, 15) is 4.79 Å². The van der Waals surface area contributed by atoms with Crippen molar-refractivity contribution >= 4 is 17.5 Å². The monoisotopic (exact) mass is 286 g/mol. The van der Waals surface area contributed by atoms with Gasteiger partial charge in [-0.1, -0.05) is 0 Å². The highest BCUT2D eigenvalue weighted by Crippen LogP contribution is 2.09. The Morgan fingerprint density at radius 1 is 1.43 bits per heavy atom. The summed E-state index contributed by atoms with van der Waals surface area (Å²) in [5.74, 6) is 1.38. The standard InChI is InChI=1S/C13H14N6O2/c1-9-7-11(19-13(18-9)16-8-17-19)14-4-5-15-12(20)10-3-2-6-21-10/h2-3,6-8,14H,4-5H2,1H3,(H,15,20). The highest BCUT2D eigenvalue weighted by Gasteiger charge is 2.08. The lowest BCUT2D eigenvalue weighted by atomic mass is 10.4. The van der Waals surface area contributed by atoms with E-state index in [2.05, 4.69) is 25.7 Å². The lowest BCUT2D eigenvalue weighted by molar-refractivity contribution is 0.0927. The van der Waals surface area contributed by atoms with E-state index in [-0.39, 0.29) is 5.91 Å². The molecule has 0 fully saturated rings. The first kappa shape index (κ1) is 13.1. The van der Waals surface area contributed by atoms with Crippen molar-refractivity contribution in [2.24, 2.45) is 0 Å². The Bertz CT molecular complexity index is 749. The molecule has 0 saturated heterocycles. The maximum atomic E-state index is 11.7. The molecule has 0 aliphatic rings. The van der Waals surface area contributed by atoms with Gasteiger partial charge in [0.1, 0.15) is 12.1 Å². The summed E-state index contributed by atoms with van der Waals surface area (Å²) < 4.78 is 6.62. The second kappa shape index (κ2) is 5.61. The Kier molecular flexibility index (Phi) is 3.50. The van der Waals surface area contributed by atoms with Gasteiger partial charge in [0.2, 0.25) is 0 Å². The van der Waals surface area contributed by atoms with Crippen LogP contribution in [-0.2, 0) is 0 Å². The summed E-state index contributed by atoms with van der Waals surface area (Å²) in [7, 11) is 0. The molecule has 3 aromatic heterocycles. The van der Waals surface area contributed by atoms with Crippen LogP contribution in [0, 0.1) is 6.92 Å². The van der Waals surface area contributed by atoms with Gasteiger partial charge in [-0.05, 0) is 19.1 Å². The minimum Gasteiger partial charge on any atom is -0.459 e. The van der Waals surface area contributed by atoms with Gasteiger partial charge in [0, 0.05) is 24.8 Å². The summed E-state index contributed by atoms with van der Waals surface area (Å²) >= 11 is 0. The van der Waals surface area contributed by atoms with E-state index in [4.69, 9.17) is 4.42 Å². The van der Waals surface area contributed by atoms with Crippen molar-refractivity contribution in [1.82, 2.24) is 24.9 Å². The van der Waals surface area contributed by atoms with Gasteiger partial charge in [-0.3, -0.25) is 4.79 Å². The summed E-state index contributed by atoms with van der Waals surface area (Å²) in [6.45, 7) is 2.89. The van der Waals surface area contributed by atoms with E-state index in [1.54, 1.807) is 16.6 Å². The zero-order valence-corrected chi connectivity index (χ0v) is 11.4. The Hall–Kier alpha value is -2.90. The summed E-state index contributed by atoms with van der Waals surface area (Å²) in [5.41, 5.74) is 0.845. The zero-order chi connectivity index (χ0) is 14.7. The quantitative estimate of drug-likeness (QED) is 0.675. The van der Waals surface area contributed by atoms with Crippen LogP contribution in [0.5, 0.6) is 0 Å². The van der Waals surface area contributed by atoms with Gasteiger partial charge < -0.3 is 15.1 Å². The van der Waals surface area contributed by atoms with Crippen LogP contribution in [0.15, 0.2) is 35.2 Å². The lowest BCUT2D eigenvalue weighted by Gasteiger charge is -2.09. The van der Waals surface area contributed by atoms with Gasteiger partial charge in [-0.15, -0.1) is 0 Å². The third kappa shape index (κ3) is 2.83. The van der Waals surface area contributed by atoms with E-state index in [1.807, 2.05) is 13.0 Å². The first-order valence-electron chi connectivity index (χ1n) is 6.47. The van der Waals surface area contributed by atoms with E-state index in [0.717, 1.165) is 11.5 Å². The number of rotatable bonds is 5.